The monoisotopic (exact) mass is 262 g/mol. The van der Waals surface area contributed by atoms with Crippen LogP contribution in [0.1, 0.15) is 65.0 Å². The van der Waals surface area contributed by atoms with Gasteiger partial charge < -0.3 is 9.30 Å². The highest BCUT2D eigenvalue weighted by atomic mass is 16.5. The van der Waals surface area contributed by atoms with Crippen LogP contribution in [0.4, 0.5) is 0 Å². The van der Waals surface area contributed by atoms with Crippen molar-refractivity contribution >= 4 is 0 Å². The molecule has 3 nitrogen and oxygen atoms in total. The van der Waals surface area contributed by atoms with Gasteiger partial charge in [-0.05, 0) is 59.3 Å². The Morgan fingerprint density at radius 3 is 2.42 bits per heavy atom. The average Bonchev–Trinajstić information content (AvgIpc) is 2.89. The van der Waals surface area contributed by atoms with Gasteiger partial charge in [-0.15, -0.1) is 0 Å². The molecular weight excluding hydrogens is 236 g/mol. The van der Waals surface area contributed by atoms with Gasteiger partial charge in [0.1, 0.15) is 0 Å². The third-order valence-corrected chi connectivity index (χ3v) is 4.27. The second-order valence-electron chi connectivity index (χ2n) is 7.67. The van der Waals surface area contributed by atoms with Gasteiger partial charge in [-0.2, -0.15) is 0 Å². The first-order chi connectivity index (χ1) is 8.83. The van der Waals surface area contributed by atoms with Gasteiger partial charge in [0.2, 0.25) is 0 Å². The van der Waals surface area contributed by atoms with Crippen LogP contribution in [0.25, 0.3) is 0 Å². The molecule has 1 aliphatic heterocycles. The molecule has 0 unspecified atom stereocenters. The summed E-state index contributed by atoms with van der Waals surface area (Å²) in [6.45, 7) is 9.94. The zero-order chi connectivity index (χ0) is 13.7. The maximum Gasteiger partial charge on any atom is 0.0949 e. The lowest BCUT2D eigenvalue weighted by atomic mass is 9.79. The first-order valence-corrected chi connectivity index (χ1v) is 7.55. The second-order valence-corrected chi connectivity index (χ2v) is 7.67. The van der Waals surface area contributed by atoms with E-state index in [2.05, 4.69) is 43.4 Å². The van der Waals surface area contributed by atoms with Crippen LogP contribution in [-0.4, -0.2) is 20.8 Å². The minimum Gasteiger partial charge on any atom is -0.370 e. The Morgan fingerprint density at radius 1 is 1.21 bits per heavy atom. The van der Waals surface area contributed by atoms with Crippen LogP contribution in [0.2, 0.25) is 0 Å². The van der Waals surface area contributed by atoms with Crippen molar-refractivity contribution in [1.82, 2.24) is 9.55 Å². The maximum atomic E-state index is 6.16. The fraction of sp³-hybridized carbons (Fsp3) is 0.812. The van der Waals surface area contributed by atoms with Gasteiger partial charge in [0.15, 0.2) is 0 Å². The summed E-state index contributed by atoms with van der Waals surface area (Å²) in [5.74, 6) is 1.43. The topological polar surface area (TPSA) is 27.1 Å². The molecule has 3 rings (SSSR count). The predicted octanol–water partition coefficient (Wildman–Crippen LogP) is 3.74. The van der Waals surface area contributed by atoms with Crippen molar-refractivity contribution in [2.75, 3.05) is 0 Å². The molecule has 0 spiro atoms. The third-order valence-electron chi connectivity index (χ3n) is 4.27. The molecule has 1 aliphatic carbocycles. The highest BCUT2D eigenvalue weighted by Crippen LogP contribution is 2.42. The molecule has 2 fully saturated rings. The van der Waals surface area contributed by atoms with Crippen molar-refractivity contribution in [2.24, 2.45) is 5.92 Å². The first-order valence-electron chi connectivity index (χ1n) is 7.55. The first kappa shape index (κ1) is 13.2. The molecule has 19 heavy (non-hydrogen) atoms. The van der Waals surface area contributed by atoms with Crippen molar-refractivity contribution in [3.63, 3.8) is 0 Å². The van der Waals surface area contributed by atoms with Gasteiger partial charge in [0.05, 0.1) is 23.2 Å². The summed E-state index contributed by atoms with van der Waals surface area (Å²) in [6, 6.07) is 0. The smallest absolute Gasteiger partial charge is 0.0949 e. The molecule has 106 valence electrons. The minimum atomic E-state index is -0.0489. The number of aromatic nitrogens is 2. The van der Waals surface area contributed by atoms with Gasteiger partial charge in [0.25, 0.3) is 0 Å². The quantitative estimate of drug-likeness (QED) is 0.829. The van der Waals surface area contributed by atoms with Crippen molar-refractivity contribution in [1.29, 1.82) is 0 Å². The van der Waals surface area contributed by atoms with Gasteiger partial charge >= 0.3 is 0 Å². The van der Waals surface area contributed by atoms with Crippen LogP contribution < -0.4 is 0 Å². The molecule has 1 aromatic rings. The SMILES string of the molecule is CC1(C)CC(c2cn(CC3CC3)cn2)CC(C)(C)O1. The fourth-order valence-electron chi connectivity index (χ4n) is 3.59. The number of hydrogen-bond acceptors (Lipinski definition) is 2. The molecule has 1 saturated carbocycles. The normalized spacial score (nSPS) is 26.5. The summed E-state index contributed by atoms with van der Waals surface area (Å²) >= 11 is 0. The standard InChI is InChI=1S/C16H26N2O/c1-15(2)7-13(8-16(3,4)19-15)14-10-18(11-17-14)9-12-5-6-12/h10-13H,5-9H2,1-4H3. The molecule has 3 heteroatoms. The highest BCUT2D eigenvalue weighted by molar-refractivity contribution is 5.10. The lowest BCUT2D eigenvalue weighted by Crippen LogP contribution is -2.44. The Bertz CT molecular complexity index is 441. The average molecular weight is 262 g/mol. The Balaban J connectivity index is 1.74. The Labute approximate surface area is 116 Å². The molecule has 0 bridgehead atoms. The zero-order valence-electron chi connectivity index (χ0n) is 12.6. The summed E-state index contributed by atoms with van der Waals surface area (Å²) in [5, 5.41) is 0. The van der Waals surface area contributed by atoms with E-state index in [-0.39, 0.29) is 11.2 Å². The number of imidazole rings is 1. The van der Waals surface area contributed by atoms with E-state index >= 15 is 0 Å². The molecule has 1 saturated heterocycles. The molecule has 0 N–H and O–H groups in total. The summed E-state index contributed by atoms with van der Waals surface area (Å²) < 4.78 is 8.44. The van der Waals surface area contributed by atoms with E-state index in [4.69, 9.17) is 4.74 Å². The van der Waals surface area contributed by atoms with E-state index in [1.807, 2.05) is 6.33 Å². The molecule has 0 atom stereocenters. The van der Waals surface area contributed by atoms with Crippen LogP contribution in [-0.2, 0) is 11.3 Å². The van der Waals surface area contributed by atoms with Crippen LogP contribution >= 0.6 is 0 Å². The summed E-state index contributed by atoms with van der Waals surface area (Å²) in [4.78, 5) is 4.66. The van der Waals surface area contributed by atoms with E-state index in [0.29, 0.717) is 5.92 Å². The lowest BCUT2D eigenvalue weighted by molar-refractivity contribution is -0.162. The Kier molecular flexibility index (Phi) is 3.01. The maximum absolute atomic E-state index is 6.16. The number of nitrogens with zero attached hydrogens (tertiary/aromatic N) is 2. The highest BCUT2D eigenvalue weighted by Gasteiger charge is 2.40. The minimum absolute atomic E-state index is 0.0489. The van der Waals surface area contributed by atoms with Gasteiger partial charge in [-0.25, -0.2) is 4.98 Å². The molecule has 2 aliphatic rings. The largest absolute Gasteiger partial charge is 0.370 e. The van der Waals surface area contributed by atoms with E-state index in [9.17, 15) is 0 Å². The van der Waals surface area contributed by atoms with E-state index < -0.39 is 0 Å². The van der Waals surface area contributed by atoms with Crippen molar-refractivity contribution in [3.05, 3.63) is 18.2 Å². The Hall–Kier alpha value is -0.830. The molecule has 1 aromatic heterocycles. The number of rotatable bonds is 3. The summed E-state index contributed by atoms with van der Waals surface area (Å²) in [5.41, 5.74) is 1.16. The summed E-state index contributed by atoms with van der Waals surface area (Å²) in [6.07, 6.45) is 9.20. The van der Waals surface area contributed by atoms with Crippen LogP contribution in [0.3, 0.4) is 0 Å². The van der Waals surface area contributed by atoms with Crippen molar-refractivity contribution < 1.29 is 4.74 Å². The third kappa shape index (κ3) is 3.19. The molecule has 2 heterocycles. The van der Waals surface area contributed by atoms with E-state index in [0.717, 1.165) is 25.3 Å². The summed E-state index contributed by atoms with van der Waals surface area (Å²) in [7, 11) is 0. The number of ether oxygens (including phenoxy) is 1. The lowest BCUT2D eigenvalue weighted by Gasteiger charge is -2.45. The number of hydrogen-bond donors (Lipinski definition) is 0. The second kappa shape index (κ2) is 4.34. The van der Waals surface area contributed by atoms with Gasteiger partial charge in [-0.1, -0.05) is 0 Å². The van der Waals surface area contributed by atoms with E-state index in [1.165, 1.54) is 18.5 Å². The molecule has 0 aromatic carbocycles. The van der Waals surface area contributed by atoms with Crippen LogP contribution in [0, 0.1) is 5.92 Å². The molecule has 0 amide bonds. The van der Waals surface area contributed by atoms with Gasteiger partial charge in [-0.3, -0.25) is 0 Å². The molecular formula is C16H26N2O. The van der Waals surface area contributed by atoms with Gasteiger partial charge in [0, 0.05) is 18.7 Å². The van der Waals surface area contributed by atoms with Crippen LogP contribution in [0.15, 0.2) is 12.5 Å². The van der Waals surface area contributed by atoms with Crippen LogP contribution in [0.5, 0.6) is 0 Å². The Morgan fingerprint density at radius 2 is 1.84 bits per heavy atom. The zero-order valence-corrected chi connectivity index (χ0v) is 12.6. The van der Waals surface area contributed by atoms with E-state index in [1.54, 1.807) is 0 Å². The molecule has 0 radical (unpaired) electrons. The predicted molar refractivity (Wildman–Crippen MR) is 76.2 cm³/mol. The van der Waals surface area contributed by atoms with Crippen molar-refractivity contribution in [2.45, 2.75) is 77.0 Å². The van der Waals surface area contributed by atoms with Crippen molar-refractivity contribution in [3.8, 4) is 0 Å². The fourth-order valence-corrected chi connectivity index (χ4v) is 3.59.